The zero-order chi connectivity index (χ0) is 34.4. The molecule has 4 atom stereocenters. The lowest BCUT2D eigenvalue weighted by atomic mass is 9.82. The van der Waals surface area contributed by atoms with E-state index >= 15 is 0 Å². The van der Waals surface area contributed by atoms with Crippen LogP contribution in [0.4, 0.5) is 10.5 Å². The van der Waals surface area contributed by atoms with Gasteiger partial charge in [0.2, 0.25) is 0 Å². The van der Waals surface area contributed by atoms with Crippen LogP contribution in [0.1, 0.15) is 93.6 Å². The van der Waals surface area contributed by atoms with Crippen LogP contribution in [0, 0.1) is 5.92 Å². The van der Waals surface area contributed by atoms with Gasteiger partial charge in [0.15, 0.2) is 18.2 Å². The minimum absolute atomic E-state index is 0.0324. The number of rotatable bonds is 12. The summed E-state index contributed by atoms with van der Waals surface area (Å²) in [4.78, 5) is 18.3. The van der Waals surface area contributed by atoms with Crippen LogP contribution < -0.4 is 14.8 Å². The van der Waals surface area contributed by atoms with Gasteiger partial charge in [0.05, 0.1) is 19.9 Å². The number of aromatic nitrogens is 1. The Kier molecular flexibility index (Phi) is 10.1. The summed E-state index contributed by atoms with van der Waals surface area (Å²) in [7, 11) is -4.11. The number of aryl methyl sites for hydroxylation is 1. The molecule has 2 aliphatic rings. The SMILES string of the molecule is COc1ccc([C@H](C)NS(=O)(=NC(=O)Nc2c([C@H](C)C3CC3)ccc3c2CC3)c2cnc([C@](C)(O)CO[Si](C)(C)C(C)(C)C)s2)cc1. The third kappa shape index (κ3) is 7.84. The number of carbonyl (C=O) groups is 1. The summed E-state index contributed by atoms with van der Waals surface area (Å²) in [6, 6.07) is 10.6. The number of benzene rings is 2. The van der Waals surface area contributed by atoms with Gasteiger partial charge in [0.25, 0.3) is 0 Å². The van der Waals surface area contributed by atoms with Crippen molar-refractivity contribution < 1.29 is 23.3 Å². The molecule has 12 heteroatoms. The first kappa shape index (κ1) is 35.7. The van der Waals surface area contributed by atoms with E-state index in [0.29, 0.717) is 22.6 Å². The highest BCUT2D eigenvalue weighted by atomic mass is 32.2. The number of carbonyl (C=O) groups excluding carboxylic acids is 1. The number of nitrogens with zero attached hydrogens (tertiary/aromatic N) is 2. The van der Waals surface area contributed by atoms with E-state index in [2.05, 4.69) is 72.3 Å². The number of amides is 2. The molecule has 2 amide bonds. The molecule has 0 aliphatic heterocycles. The molecule has 3 aromatic rings. The molecule has 0 bridgehead atoms. The highest BCUT2D eigenvalue weighted by molar-refractivity contribution is 7.94. The summed E-state index contributed by atoms with van der Waals surface area (Å²) >= 11 is 1.08. The maximum atomic E-state index is 14.9. The van der Waals surface area contributed by atoms with Crippen molar-refractivity contribution in [2.45, 2.75) is 107 Å². The van der Waals surface area contributed by atoms with Crippen molar-refractivity contribution in [1.29, 1.82) is 0 Å². The molecule has 0 radical (unpaired) electrons. The van der Waals surface area contributed by atoms with Crippen LogP contribution in [-0.4, -0.2) is 42.4 Å². The summed E-state index contributed by atoms with van der Waals surface area (Å²) in [5.41, 5.74) is 3.71. The third-order valence-electron chi connectivity index (χ3n) is 10.0. The molecule has 0 spiro atoms. The summed E-state index contributed by atoms with van der Waals surface area (Å²) in [5, 5.41) is 14.9. The molecule has 1 aromatic heterocycles. The Bertz CT molecular complexity index is 1740. The first-order valence-electron chi connectivity index (χ1n) is 16.4. The van der Waals surface area contributed by atoms with Gasteiger partial charge in [-0.1, -0.05) is 52.0 Å². The van der Waals surface area contributed by atoms with E-state index in [0.717, 1.165) is 46.6 Å². The maximum absolute atomic E-state index is 14.9. The van der Waals surface area contributed by atoms with E-state index in [1.54, 1.807) is 14.0 Å². The molecular formula is C35H50N4O5S2Si. The predicted molar refractivity (Wildman–Crippen MR) is 192 cm³/mol. The monoisotopic (exact) mass is 698 g/mol. The van der Waals surface area contributed by atoms with Gasteiger partial charge in [-0.05, 0) is 104 Å². The van der Waals surface area contributed by atoms with Gasteiger partial charge in [0.1, 0.15) is 20.6 Å². The molecule has 1 fully saturated rings. The molecule has 1 unspecified atom stereocenters. The number of fused-ring (bicyclic) bond motifs is 1. The number of methoxy groups -OCH3 is 1. The normalized spacial score (nSPS) is 18.6. The molecule has 5 rings (SSSR count). The lowest BCUT2D eigenvalue weighted by Crippen LogP contribution is -2.44. The fourth-order valence-corrected chi connectivity index (χ4v) is 9.55. The van der Waals surface area contributed by atoms with E-state index in [9.17, 15) is 14.1 Å². The van der Waals surface area contributed by atoms with Crippen LogP contribution >= 0.6 is 11.3 Å². The summed E-state index contributed by atoms with van der Waals surface area (Å²) < 4.78 is 34.3. The zero-order valence-electron chi connectivity index (χ0n) is 29.1. The zero-order valence-corrected chi connectivity index (χ0v) is 31.7. The largest absolute Gasteiger partial charge is 0.497 e. The third-order valence-corrected chi connectivity index (χ3v) is 18.2. The lowest BCUT2D eigenvalue weighted by Gasteiger charge is -2.38. The molecule has 47 heavy (non-hydrogen) atoms. The predicted octanol–water partition coefficient (Wildman–Crippen LogP) is 8.32. The second-order valence-electron chi connectivity index (χ2n) is 14.8. The number of hydrogen-bond acceptors (Lipinski definition) is 7. The number of urea groups is 1. The summed E-state index contributed by atoms with van der Waals surface area (Å²) in [6.07, 6.45) is 5.70. The average Bonchev–Trinajstić information content (AvgIpc) is 3.70. The molecule has 2 aliphatic carbocycles. The second kappa shape index (κ2) is 13.4. The lowest BCUT2D eigenvalue weighted by molar-refractivity contribution is 0.00244. The van der Waals surface area contributed by atoms with Gasteiger partial charge >= 0.3 is 6.03 Å². The average molecular weight is 699 g/mol. The van der Waals surface area contributed by atoms with E-state index in [1.807, 2.05) is 31.2 Å². The van der Waals surface area contributed by atoms with Crippen molar-refractivity contribution in [3.8, 4) is 5.75 Å². The molecule has 1 saturated carbocycles. The van der Waals surface area contributed by atoms with Gasteiger partial charge < -0.3 is 19.6 Å². The Balaban J connectivity index is 1.48. The van der Waals surface area contributed by atoms with Crippen molar-refractivity contribution >= 4 is 41.3 Å². The van der Waals surface area contributed by atoms with Crippen LogP contribution in [0.2, 0.25) is 18.1 Å². The Morgan fingerprint density at radius 3 is 2.38 bits per heavy atom. The minimum Gasteiger partial charge on any atom is -0.497 e. The number of anilines is 1. The van der Waals surface area contributed by atoms with Crippen molar-refractivity contribution in [3.63, 3.8) is 0 Å². The first-order chi connectivity index (χ1) is 21.9. The van der Waals surface area contributed by atoms with Crippen LogP contribution in [0.3, 0.4) is 0 Å². The van der Waals surface area contributed by atoms with Crippen LogP contribution in [0.25, 0.3) is 0 Å². The molecule has 1 heterocycles. The van der Waals surface area contributed by atoms with E-state index in [-0.39, 0.29) is 15.9 Å². The molecule has 0 saturated heterocycles. The fourth-order valence-electron chi connectivity index (χ4n) is 5.50. The van der Waals surface area contributed by atoms with Crippen LogP contribution in [0.15, 0.2) is 51.2 Å². The van der Waals surface area contributed by atoms with Gasteiger partial charge in [0, 0.05) is 11.7 Å². The fraction of sp³-hybridized carbons (Fsp3) is 0.543. The maximum Gasteiger partial charge on any atom is 0.354 e. The number of aliphatic hydroxyl groups is 1. The Morgan fingerprint density at radius 2 is 1.81 bits per heavy atom. The Hall–Kier alpha value is -2.61. The molecule has 2 aromatic carbocycles. The van der Waals surface area contributed by atoms with Crippen molar-refractivity contribution in [3.05, 3.63) is 69.9 Å². The smallest absolute Gasteiger partial charge is 0.354 e. The Morgan fingerprint density at radius 1 is 1.13 bits per heavy atom. The van der Waals surface area contributed by atoms with Gasteiger partial charge in [-0.2, -0.15) is 0 Å². The Labute approximate surface area is 285 Å². The number of ether oxygens (including phenoxy) is 1. The quantitative estimate of drug-likeness (QED) is 0.164. The molecular weight excluding hydrogens is 649 g/mol. The topological polar surface area (TPSA) is 122 Å². The van der Waals surface area contributed by atoms with Crippen molar-refractivity contribution in [1.82, 2.24) is 9.71 Å². The van der Waals surface area contributed by atoms with Gasteiger partial charge in [-0.3, -0.25) is 0 Å². The van der Waals surface area contributed by atoms with E-state index < -0.39 is 35.9 Å². The van der Waals surface area contributed by atoms with Gasteiger partial charge in [-0.25, -0.2) is 18.7 Å². The molecule has 3 N–H and O–H groups in total. The van der Waals surface area contributed by atoms with Crippen LogP contribution in [-0.2, 0) is 32.8 Å². The standard InChI is InChI=1S/C35H50N4O5S2Si/c1-22(24-10-11-24)28-18-14-26-15-19-29(26)31(28)37-33(40)39-46(42,38-23(2)25-12-16-27(43-7)17-13-25)30-20-36-32(45-30)35(6,41)21-44-47(8,9)34(3,4)5/h12-14,16-18,20,22-24,41H,10-11,15,19,21H2,1-9H3,(H2,37,38,39,40,42)/t22-,23+,35-,46?/m1/s1. The van der Waals surface area contributed by atoms with Gasteiger partial charge in [-0.15, -0.1) is 15.7 Å². The van der Waals surface area contributed by atoms with E-state index in [4.69, 9.17) is 9.16 Å². The number of hydrogen-bond donors (Lipinski definition) is 3. The molecule has 9 nitrogen and oxygen atoms in total. The highest BCUT2D eigenvalue weighted by Crippen LogP contribution is 2.47. The van der Waals surface area contributed by atoms with Crippen LogP contribution in [0.5, 0.6) is 5.75 Å². The first-order valence-corrected chi connectivity index (χ1v) is 21.6. The molecule has 256 valence electrons. The summed E-state index contributed by atoms with van der Waals surface area (Å²) in [5.74, 6) is 1.63. The van der Waals surface area contributed by atoms with Crippen molar-refractivity contribution in [2.24, 2.45) is 10.3 Å². The number of nitrogens with one attached hydrogen (secondary N) is 2. The highest BCUT2D eigenvalue weighted by Gasteiger charge is 2.40. The second-order valence-corrected chi connectivity index (χ2v) is 22.8. The minimum atomic E-state index is -3.55. The van der Waals surface area contributed by atoms with Crippen molar-refractivity contribution in [2.75, 3.05) is 19.0 Å². The summed E-state index contributed by atoms with van der Waals surface area (Å²) in [6.45, 7) is 16.5. The number of thiazole rings is 1. The van der Waals surface area contributed by atoms with E-state index in [1.165, 1.54) is 24.6 Å².